The molecule has 1 aromatic rings. The lowest BCUT2D eigenvalue weighted by Gasteiger charge is -1.85. The summed E-state index contributed by atoms with van der Waals surface area (Å²) in [5.41, 5.74) is 0.256. The fraction of sp³-hybridized carbons (Fsp3) is 0. The maximum Gasteiger partial charge on any atom is 0.370 e. The second-order valence-corrected chi connectivity index (χ2v) is 1.65. The zero-order valence-corrected chi connectivity index (χ0v) is 5.88. The molecule has 1 heterocycles. The molecule has 0 fully saturated rings. The average Bonchev–Trinajstić information content (AvgIpc) is 2.37. The second kappa shape index (κ2) is 2.63. The van der Waals surface area contributed by atoms with Gasteiger partial charge in [-0.05, 0) is 6.07 Å². The first-order valence-corrected chi connectivity index (χ1v) is 2.82. The number of aromatic nitrogens is 2. The van der Waals surface area contributed by atoms with Gasteiger partial charge in [-0.1, -0.05) is 0 Å². The van der Waals surface area contributed by atoms with Crippen molar-refractivity contribution in [2.24, 2.45) is 0 Å². The van der Waals surface area contributed by atoms with Gasteiger partial charge in [0.15, 0.2) is 22.0 Å². The summed E-state index contributed by atoms with van der Waals surface area (Å²) < 4.78 is 4.19. The minimum atomic E-state index is -0.503. The van der Waals surface area contributed by atoms with Crippen LogP contribution in [-0.4, -0.2) is 16.2 Å². The molecule has 0 spiro atoms. The number of H-pyrrole nitrogens is 1. The number of halogens is 1. The predicted octanol–water partition coefficient (Wildman–Crippen LogP) is 0.876. The van der Waals surface area contributed by atoms with Crippen LogP contribution in [0.25, 0.3) is 0 Å². The van der Waals surface area contributed by atoms with E-state index in [0.29, 0.717) is 0 Å². The normalized spacial score (nSPS) is 9.00. The van der Waals surface area contributed by atoms with Crippen LogP contribution in [0.5, 0.6) is 0 Å². The molecular formula is C4H3BrN2O2. The third-order valence-corrected chi connectivity index (χ3v) is 1.07. The Bertz CT molecular complexity index is 196. The van der Waals surface area contributed by atoms with Crippen LogP contribution in [0, 0.1) is 0 Å². The van der Waals surface area contributed by atoms with Crippen LogP contribution in [-0.2, 0) is 3.83 Å². The number of carbonyl (C=O) groups excluding carboxylic acids is 1. The molecule has 1 rings (SSSR count). The van der Waals surface area contributed by atoms with Gasteiger partial charge in [0.1, 0.15) is 0 Å². The minimum Gasteiger partial charge on any atom is -0.379 e. The molecule has 0 saturated carbocycles. The highest BCUT2D eigenvalue weighted by Gasteiger charge is 2.05. The van der Waals surface area contributed by atoms with E-state index in [1.54, 1.807) is 6.20 Å². The van der Waals surface area contributed by atoms with E-state index in [1.165, 1.54) is 6.07 Å². The van der Waals surface area contributed by atoms with E-state index < -0.39 is 5.97 Å². The topological polar surface area (TPSA) is 55.0 Å². The Morgan fingerprint density at radius 3 is 3.11 bits per heavy atom. The van der Waals surface area contributed by atoms with Crippen LogP contribution < -0.4 is 0 Å². The summed E-state index contributed by atoms with van der Waals surface area (Å²) in [6, 6.07) is 1.52. The molecule has 5 heteroatoms. The summed E-state index contributed by atoms with van der Waals surface area (Å²) in [5, 5.41) is 6.03. The molecule has 0 aliphatic rings. The number of rotatable bonds is 1. The van der Waals surface area contributed by atoms with Crippen LogP contribution >= 0.6 is 16.3 Å². The molecule has 0 aliphatic carbocycles. The van der Waals surface area contributed by atoms with Crippen molar-refractivity contribution >= 4 is 22.2 Å². The van der Waals surface area contributed by atoms with Crippen molar-refractivity contribution in [1.82, 2.24) is 10.2 Å². The predicted molar refractivity (Wildman–Crippen MR) is 32.9 cm³/mol. The third kappa shape index (κ3) is 1.29. The second-order valence-electron chi connectivity index (χ2n) is 1.32. The first-order valence-electron chi connectivity index (χ1n) is 2.17. The van der Waals surface area contributed by atoms with Crippen molar-refractivity contribution < 1.29 is 8.62 Å². The van der Waals surface area contributed by atoms with E-state index in [1.807, 2.05) is 0 Å². The lowest BCUT2D eigenvalue weighted by atomic mass is 10.5. The highest BCUT2D eigenvalue weighted by atomic mass is 79.9. The molecule has 0 atom stereocenters. The van der Waals surface area contributed by atoms with E-state index in [4.69, 9.17) is 0 Å². The molecule has 0 unspecified atom stereocenters. The Morgan fingerprint density at radius 1 is 1.89 bits per heavy atom. The fourth-order valence-electron chi connectivity index (χ4n) is 0.413. The van der Waals surface area contributed by atoms with Gasteiger partial charge in [0, 0.05) is 6.20 Å². The van der Waals surface area contributed by atoms with Crippen molar-refractivity contribution in [3.63, 3.8) is 0 Å². The number of hydrogen-bond donors (Lipinski definition) is 1. The quantitative estimate of drug-likeness (QED) is 0.716. The summed E-state index contributed by atoms with van der Waals surface area (Å²) in [5.74, 6) is -0.503. The first-order chi connectivity index (χ1) is 4.34. The van der Waals surface area contributed by atoms with Crippen molar-refractivity contribution in [2.75, 3.05) is 0 Å². The van der Waals surface area contributed by atoms with Gasteiger partial charge in [-0.15, -0.1) is 0 Å². The van der Waals surface area contributed by atoms with Crippen LogP contribution in [0.15, 0.2) is 12.3 Å². The van der Waals surface area contributed by atoms with Gasteiger partial charge in [0.25, 0.3) is 0 Å². The smallest absolute Gasteiger partial charge is 0.370 e. The highest BCUT2D eigenvalue weighted by molar-refractivity contribution is 9.06. The van der Waals surface area contributed by atoms with Gasteiger partial charge in [0.2, 0.25) is 0 Å². The molecule has 48 valence electrons. The SMILES string of the molecule is O=C(OBr)c1cc[nH]n1. The monoisotopic (exact) mass is 190 g/mol. The zero-order chi connectivity index (χ0) is 6.69. The van der Waals surface area contributed by atoms with Crippen molar-refractivity contribution in [3.05, 3.63) is 18.0 Å². The van der Waals surface area contributed by atoms with Crippen molar-refractivity contribution in [2.45, 2.75) is 0 Å². The molecule has 0 aromatic carbocycles. The first kappa shape index (κ1) is 6.28. The Hall–Kier alpha value is -0.840. The maximum atomic E-state index is 10.5. The van der Waals surface area contributed by atoms with Gasteiger partial charge in [-0.3, -0.25) is 5.10 Å². The summed E-state index contributed by atoms with van der Waals surface area (Å²) in [6.45, 7) is 0. The highest BCUT2D eigenvalue weighted by Crippen LogP contribution is 1.97. The number of carbonyl (C=O) groups is 1. The van der Waals surface area contributed by atoms with Crippen LogP contribution in [0.1, 0.15) is 10.5 Å². The number of nitrogens with zero attached hydrogens (tertiary/aromatic N) is 1. The Kier molecular flexibility index (Phi) is 1.84. The number of aromatic amines is 1. The average molecular weight is 191 g/mol. The molecule has 0 amide bonds. The molecule has 9 heavy (non-hydrogen) atoms. The van der Waals surface area contributed by atoms with Crippen LogP contribution in [0.3, 0.4) is 0 Å². The van der Waals surface area contributed by atoms with Crippen LogP contribution in [0.4, 0.5) is 0 Å². The van der Waals surface area contributed by atoms with Gasteiger partial charge in [-0.25, -0.2) is 4.79 Å². The maximum absolute atomic E-state index is 10.5. The Morgan fingerprint density at radius 2 is 2.67 bits per heavy atom. The molecular weight excluding hydrogens is 188 g/mol. The molecule has 0 aliphatic heterocycles. The molecule has 0 saturated heterocycles. The van der Waals surface area contributed by atoms with Gasteiger partial charge in [0.05, 0.1) is 0 Å². The molecule has 1 N–H and O–H groups in total. The van der Waals surface area contributed by atoms with E-state index >= 15 is 0 Å². The number of hydrogen-bond acceptors (Lipinski definition) is 3. The summed E-state index contributed by atoms with van der Waals surface area (Å²) in [4.78, 5) is 10.5. The molecule has 0 bridgehead atoms. The molecule has 4 nitrogen and oxygen atoms in total. The zero-order valence-electron chi connectivity index (χ0n) is 4.30. The fourth-order valence-corrected chi connectivity index (χ4v) is 0.579. The van der Waals surface area contributed by atoms with Gasteiger partial charge < -0.3 is 3.83 Å². The summed E-state index contributed by atoms with van der Waals surface area (Å²) in [6.07, 6.45) is 1.54. The van der Waals surface area contributed by atoms with E-state index in [9.17, 15) is 4.79 Å². The van der Waals surface area contributed by atoms with Gasteiger partial charge >= 0.3 is 5.97 Å². The lowest BCUT2D eigenvalue weighted by molar-refractivity contribution is 0.0776. The van der Waals surface area contributed by atoms with Crippen LogP contribution in [0.2, 0.25) is 0 Å². The van der Waals surface area contributed by atoms with Crippen molar-refractivity contribution in [1.29, 1.82) is 0 Å². The lowest BCUT2D eigenvalue weighted by Crippen LogP contribution is -1.97. The number of nitrogens with one attached hydrogen (secondary N) is 1. The van der Waals surface area contributed by atoms with E-state index in [-0.39, 0.29) is 5.69 Å². The Balaban J connectivity index is 2.77. The summed E-state index contributed by atoms with van der Waals surface area (Å²) >= 11 is 2.53. The largest absolute Gasteiger partial charge is 0.379 e. The Labute approximate surface area is 59.7 Å². The van der Waals surface area contributed by atoms with E-state index in [2.05, 4.69) is 30.3 Å². The van der Waals surface area contributed by atoms with Gasteiger partial charge in [-0.2, -0.15) is 5.10 Å². The summed E-state index contributed by atoms with van der Waals surface area (Å²) in [7, 11) is 0. The third-order valence-electron chi connectivity index (χ3n) is 0.780. The molecule has 0 radical (unpaired) electrons. The standard InChI is InChI=1S/C4H3BrN2O2/c5-9-4(8)3-1-2-6-7-3/h1-2H,(H,6,7). The van der Waals surface area contributed by atoms with Crippen molar-refractivity contribution in [3.8, 4) is 0 Å². The minimum absolute atomic E-state index is 0.256. The van der Waals surface area contributed by atoms with E-state index in [0.717, 1.165) is 0 Å². The molecule has 1 aromatic heterocycles.